The van der Waals surface area contributed by atoms with Crippen LogP contribution in [0.1, 0.15) is 21.8 Å². The number of fused-ring (bicyclic) bond motifs is 1. The van der Waals surface area contributed by atoms with Gasteiger partial charge in [0.1, 0.15) is 5.76 Å². The van der Waals surface area contributed by atoms with Gasteiger partial charge in [-0.3, -0.25) is 4.79 Å². The first kappa shape index (κ1) is 15.1. The Morgan fingerprint density at radius 2 is 2.00 bits per heavy atom. The number of piperazine rings is 1. The fourth-order valence-corrected chi connectivity index (χ4v) is 4.03. The Bertz CT molecular complexity index is 893. The summed E-state index contributed by atoms with van der Waals surface area (Å²) in [4.78, 5) is 21.3. The van der Waals surface area contributed by atoms with E-state index in [2.05, 4.69) is 35.2 Å². The number of anilines is 1. The maximum absolute atomic E-state index is 12.4. The van der Waals surface area contributed by atoms with E-state index in [9.17, 15) is 4.79 Å². The molecule has 0 radical (unpaired) electrons. The van der Waals surface area contributed by atoms with Crippen LogP contribution >= 0.6 is 11.3 Å². The fourth-order valence-electron chi connectivity index (χ4n) is 2.94. The van der Waals surface area contributed by atoms with Crippen molar-refractivity contribution in [1.82, 2.24) is 15.0 Å². The van der Waals surface area contributed by atoms with Crippen molar-refractivity contribution in [3.05, 3.63) is 41.3 Å². The van der Waals surface area contributed by atoms with Gasteiger partial charge in [-0.05, 0) is 25.5 Å². The summed E-state index contributed by atoms with van der Waals surface area (Å²) in [5, 5.41) is 4.85. The predicted molar refractivity (Wildman–Crippen MR) is 93.7 cm³/mol. The van der Waals surface area contributed by atoms with Gasteiger partial charge >= 0.3 is 0 Å². The van der Waals surface area contributed by atoms with Crippen molar-refractivity contribution in [3.63, 3.8) is 0 Å². The molecule has 0 N–H and O–H groups in total. The van der Waals surface area contributed by atoms with Gasteiger partial charge in [-0.1, -0.05) is 28.6 Å². The van der Waals surface area contributed by atoms with Gasteiger partial charge in [0.25, 0.3) is 5.91 Å². The van der Waals surface area contributed by atoms with Crippen molar-refractivity contribution in [2.45, 2.75) is 13.8 Å². The maximum atomic E-state index is 12.4. The Kier molecular flexibility index (Phi) is 3.72. The highest BCUT2D eigenvalue weighted by atomic mass is 32.1. The van der Waals surface area contributed by atoms with Crippen molar-refractivity contribution in [3.8, 4) is 0 Å². The maximum Gasteiger partial charge on any atom is 0.276 e. The number of carbonyl (C=O) groups excluding carboxylic acids is 1. The van der Waals surface area contributed by atoms with Gasteiger partial charge < -0.3 is 14.3 Å². The zero-order chi connectivity index (χ0) is 16.7. The molecule has 1 fully saturated rings. The van der Waals surface area contributed by atoms with E-state index in [4.69, 9.17) is 9.51 Å². The molecule has 1 amide bonds. The number of nitrogens with zero attached hydrogens (tertiary/aromatic N) is 4. The Hall–Kier alpha value is -2.41. The summed E-state index contributed by atoms with van der Waals surface area (Å²) < 4.78 is 6.21. The number of hydrogen-bond donors (Lipinski definition) is 0. The van der Waals surface area contributed by atoms with Crippen LogP contribution in [0.5, 0.6) is 0 Å². The molecule has 0 spiro atoms. The van der Waals surface area contributed by atoms with Crippen LogP contribution in [-0.2, 0) is 0 Å². The standard InChI is InChI=1S/C17H18N4O2S/c1-11-4-3-5-14-15(11)18-17(24-14)21-8-6-20(7-9-21)16(22)13-10-12(2)23-19-13/h3-5,10H,6-9H2,1-2H3. The largest absolute Gasteiger partial charge is 0.361 e. The molecule has 0 saturated carbocycles. The number of aromatic nitrogens is 2. The number of thiazole rings is 1. The molecule has 1 aliphatic heterocycles. The Morgan fingerprint density at radius 1 is 1.21 bits per heavy atom. The van der Waals surface area contributed by atoms with Crippen LogP contribution in [0.4, 0.5) is 5.13 Å². The molecule has 0 bridgehead atoms. The zero-order valence-electron chi connectivity index (χ0n) is 13.7. The van der Waals surface area contributed by atoms with E-state index in [0.29, 0.717) is 24.5 Å². The molecule has 1 saturated heterocycles. The summed E-state index contributed by atoms with van der Waals surface area (Å²) in [7, 11) is 0. The van der Waals surface area contributed by atoms with Gasteiger partial charge in [0, 0.05) is 32.2 Å². The summed E-state index contributed by atoms with van der Waals surface area (Å²) in [6.07, 6.45) is 0. The summed E-state index contributed by atoms with van der Waals surface area (Å²) in [6, 6.07) is 7.94. The number of aryl methyl sites for hydroxylation is 2. The van der Waals surface area contributed by atoms with Crippen LogP contribution in [0.3, 0.4) is 0 Å². The topological polar surface area (TPSA) is 62.5 Å². The molecule has 0 unspecified atom stereocenters. The molecule has 24 heavy (non-hydrogen) atoms. The smallest absolute Gasteiger partial charge is 0.276 e. The first-order chi connectivity index (χ1) is 11.6. The lowest BCUT2D eigenvalue weighted by Crippen LogP contribution is -2.48. The van der Waals surface area contributed by atoms with Crippen LogP contribution in [0.25, 0.3) is 10.2 Å². The third-order valence-corrected chi connectivity index (χ3v) is 5.38. The number of rotatable bonds is 2. The van der Waals surface area contributed by atoms with Crippen LogP contribution in [0.15, 0.2) is 28.8 Å². The van der Waals surface area contributed by atoms with Crippen LogP contribution in [0, 0.1) is 13.8 Å². The quantitative estimate of drug-likeness (QED) is 0.717. The molecule has 1 aromatic carbocycles. The molecular formula is C17H18N4O2S. The molecule has 7 heteroatoms. The first-order valence-electron chi connectivity index (χ1n) is 7.95. The van der Waals surface area contributed by atoms with E-state index >= 15 is 0 Å². The summed E-state index contributed by atoms with van der Waals surface area (Å²) in [5.74, 6) is 0.591. The van der Waals surface area contributed by atoms with E-state index in [1.807, 2.05) is 4.90 Å². The lowest BCUT2D eigenvalue weighted by molar-refractivity contribution is 0.0736. The molecule has 3 heterocycles. The molecule has 6 nitrogen and oxygen atoms in total. The van der Waals surface area contributed by atoms with E-state index in [1.54, 1.807) is 24.3 Å². The molecule has 2 aromatic heterocycles. The average Bonchev–Trinajstić information content (AvgIpc) is 3.21. The van der Waals surface area contributed by atoms with Crippen molar-refractivity contribution < 1.29 is 9.32 Å². The minimum absolute atomic E-state index is 0.0633. The highest BCUT2D eigenvalue weighted by molar-refractivity contribution is 7.22. The van der Waals surface area contributed by atoms with Crippen molar-refractivity contribution in [1.29, 1.82) is 0 Å². The summed E-state index contributed by atoms with van der Waals surface area (Å²) in [6.45, 7) is 6.77. The van der Waals surface area contributed by atoms with Gasteiger partial charge in [-0.25, -0.2) is 4.98 Å². The van der Waals surface area contributed by atoms with Gasteiger partial charge in [0.2, 0.25) is 0 Å². The van der Waals surface area contributed by atoms with E-state index < -0.39 is 0 Å². The Morgan fingerprint density at radius 3 is 2.67 bits per heavy atom. The Labute approximate surface area is 143 Å². The van der Waals surface area contributed by atoms with E-state index in [0.717, 1.165) is 23.7 Å². The van der Waals surface area contributed by atoms with Gasteiger partial charge in [-0.15, -0.1) is 0 Å². The second-order valence-electron chi connectivity index (χ2n) is 6.02. The zero-order valence-corrected chi connectivity index (χ0v) is 14.5. The minimum atomic E-state index is -0.0633. The monoisotopic (exact) mass is 342 g/mol. The number of amides is 1. The second kappa shape index (κ2) is 5.90. The number of para-hydroxylation sites is 1. The van der Waals surface area contributed by atoms with Crippen LogP contribution in [-0.4, -0.2) is 47.1 Å². The molecular weight excluding hydrogens is 324 g/mol. The van der Waals surface area contributed by atoms with Gasteiger partial charge in [-0.2, -0.15) is 0 Å². The second-order valence-corrected chi connectivity index (χ2v) is 7.03. The van der Waals surface area contributed by atoms with Crippen LogP contribution in [0.2, 0.25) is 0 Å². The molecule has 3 aromatic rings. The number of carbonyl (C=O) groups is 1. The lowest BCUT2D eigenvalue weighted by atomic mass is 10.2. The average molecular weight is 342 g/mol. The third kappa shape index (κ3) is 2.65. The van der Waals surface area contributed by atoms with Gasteiger partial charge in [0.05, 0.1) is 10.2 Å². The highest BCUT2D eigenvalue weighted by Gasteiger charge is 2.25. The van der Waals surface area contributed by atoms with Gasteiger partial charge in [0.15, 0.2) is 10.8 Å². The van der Waals surface area contributed by atoms with Crippen molar-refractivity contribution in [2.24, 2.45) is 0 Å². The summed E-state index contributed by atoms with van der Waals surface area (Å²) >= 11 is 1.71. The molecule has 0 aliphatic carbocycles. The normalized spacial score (nSPS) is 15.2. The third-order valence-electron chi connectivity index (χ3n) is 4.29. The van der Waals surface area contributed by atoms with E-state index in [1.165, 1.54) is 10.3 Å². The molecule has 4 rings (SSSR count). The lowest BCUT2D eigenvalue weighted by Gasteiger charge is -2.34. The number of benzene rings is 1. The number of hydrogen-bond acceptors (Lipinski definition) is 6. The van der Waals surface area contributed by atoms with Crippen molar-refractivity contribution >= 4 is 32.6 Å². The molecule has 0 atom stereocenters. The first-order valence-corrected chi connectivity index (χ1v) is 8.77. The van der Waals surface area contributed by atoms with E-state index in [-0.39, 0.29) is 5.91 Å². The Balaban J connectivity index is 1.47. The SMILES string of the molecule is Cc1cc(C(=O)N2CCN(c3nc4c(C)cccc4s3)CC2)no1. The predicted octanol–water partition coefficient (Wildman–Crippen LogP) is 2.86. The fraction of sp³-hybridized carbons (Fsp3) is 0.353. The van der Waals surface area contributed by atoms with Crippen LogP contribution < -0.4 is 4.90 Å². The van der Waals surface area contributed by atoms with Crippen molar-refractivity contribution in [2.75, 3.05) is 31.1 Å². The summed E-state index contributed by atoms with van der Waals surface area (Å²) in [5.41, 5.74) is 2.66. The molecule has 124 valence electrons. The molecule has 1 aliphatic rings. The highest BCUT2D eigenvalue weighted by Crippen LogP contribution is 2.31. The minimum Gasteiger partial charge on any atom is -0.361 e.